The van der Waals surface area contributed by atoms with Crippen molar-refractivity contribution in [3.63, 3.8) is 0 Å². The minimum absolute atomic E-state index is 0.0847. The fourth-order valence-electron chi connectivity index (χ4n) is 3.12. The minimum Gasteiger partial charge on any atom is -0.336 e. The highest BCUT2D eigenvalue weighted by molar-refractivity contribution is 6.30. The maximum atomic E-state index is 13.3. The first kappa shape index (κ1) is 17.0. The number of carbonyl (C=O) groups excluding carboxylic acids is 1. The zero-order chi connectivity index (χ0) is 17.5. The lowest BCUT2D eigenvalue weighted by molar-refractivity contribution is -0.142. The molecule has 1 atom stereocenters. The fraction of sp³-hybridized carbons (Fsp3) is 0.533. The Balaban J connectivity index is 1.98. The molecule has 0 saturated carbocycles. The van der Waals surface area contributed by atoms with E-state index in [9.17, 15) is 18.0 Å². The molecule has 1 aliphatic rings. The second kappa shape index (κ2) is 6.23. The number of hydrogen-bond acceptors (Lipinski definition) is 3. The molecule has 3 rings (SSSR count). The van der Waals surface area contributed by atoms with E-state index in [4.69, 9.17) is 11.6 Å². The van der Waals surface area contributed by atoms with Gasteiger partial charge in [-0.05, 0) is 12.3 Å². The van der Waals surface area contributed by atoms with Gasteiger partial charge in [-0.2, -0.15) is 13.2 Å². The van der Waals surface area contributed by atoms with E-state index < -0.39 is 11.9 Å². The molecule has 2 aromatic rings. The molecule has 1 aliphatic heterocycles. The van der Waals surface area contributed by atoms with Crippen LogP contribution in [0.3, 0.4) is 0 Å². The Morgan fingerprint density at radius 3 is 2.83 bits per heavy atom. The molecule has 1 saturated heterocycles. The smallest absolute Gasteiger partial charge is 0.336 e. The lowest BCUT2D eigenvalue weighted by atomic mass is 10.0. The first-order chi connectivity index (χ1) is 11.3. The average molecular weight is 361 g/mol. The summed E-state index contributed by atoms with van der Waals surface area (Å²) in [5.41, 5.74) is -1.14. The molecule has 5 nitrogen and oxygen atoms in total. The molecule has 0 aliphatic carbocycles. The van der Waals surface area contributed by atoms with Crippen LogP contribution in [0.25, 0.3) is 5.78 Å². The molecule has 1 amide bonds. The number of hydrogen-bond donors (Lipinski definition) is 0. The Bertz CT molecular complexity index is 774. The summed E-state index contributed by atoms with van der Waals surface area (Å²) in [7, 11) is 0. The monoisotopic (exact) mass is 360 g/mol. The number of nitrogens with zero attached hydrogens (tertiary/aromatic N) is 4. The van der Waals surface area contributed by atoms with Gasteiger partial charge in [0, 0.05) is 19.2 Å². The first-order valence-corrected chi connectivity index (χ1v) is 8.04. The Labute approximate surface area is 141 Å². The zero-order valence-electron chi connectivity index (χ0n) is 13.0. The van der Waals surface area contributed by atoms with E-state index in [1.54, 1.807) is 0 Å². The van der Waals surface area contributed by atoms with Crippen LogP contribution in [0.5, 0.6) is 0 Å². The number of imidazole rings is 1. The van der Waals surface area contributed by atoms with Crippen molar-refractivity contribution in [1.29, 1.82) is 0 Å². The summed E-state index contributed by atoms with van der Waals surface area (Å²) in [4.78, 5) is 21.0. The second-order valence-corrected chi connectivity index (χ2v) is 6.42. The van der Waals surface area contributed by atoms with E-state index in [0.717, 1.165) is 12.8 Å². The lowest BCUT2D eigenvalue weighted by Crippen LogP contribution is -2.27. The number of halogens is 4. The number of carbonyl (C=O) groups is 1. The van der Waals surface area contributed by atoms with Crippen LogP contribution in [-0.4, -0.2) is 31.7 Å². The third kappa shape index (κ3) is 3.19. The van der Waals surface area contributed by atoms with E-state index in [-0.39, 0.29) is 34.9 Å². The van der Waals surface area contributed by atoms with Gasteiger partial charge in [-0.3, -0.25) is 9.20 Å². The molecule has 24 heavy (non-hydrogen) atoms. The van der Waals surface area contributed by atoms with Gasteiger partial charge < -0.3 is 4.90 Å². The first-order valence-electron chi connectivity index (χ1n) is 7.67. The molecule has 1 unspecified atom stereocenters. The molecule has 0 spiro atoms. The largest absolute Gasteiger partial charge is 0.435 e. The van der Waals surface area contributed by atoms with Crippen LogP contribution in [0.15, 0.2) is 12.4 Å². The van der Waals surface area contributed by atoms with Gasteiger partial charge in [0.15, 0.2) is 5.69 Å². The zero-order valence-corrected chi connectivity index (χ0v) is 13.7. The molecule has 2 aromatic heterocycles. The summed E-state index contributed by atoms with van der Waals surface area (Å²) >= 11 is 5.85. The lowest BCUT2D eigenvalue weighted by Gasteiger charge is -2.18. The second-order valence-electron chi connectivity index (χ2n) is 5.98. The van der Waals surface area contributed by atoms with Gasteiger partial charge in [0.05, 0.1) is 23.5 Å². The van der Waals surface area contributed by atoms with Gasteiger partial charge in [0.1, 0.15) is 0 Å². The van der Waals surface area contributed by atoms with Crippen molar-refractivity contribution in [2.75, 3.05) is 6.54 Å². The highest BCUT2D eigenvalue weighted by Crippen LogP contribution is 2.33. The van der Waals surface area contributed by atoms with Crippen LogP contribution in [-0.2, 0) is 17.5 Å². The van der Waals surface area contributed by atoms with Crippen LogP contribution in [0, 0.1) is 5.92 Å². The quantitative estimate of drug-likeness (QED) is 0.837. The van der Waals surface area contributed by atoms with Crippen molar-refractivity contribution < 1.29 is 18.0 Å². The molecule has 0 aromatic carbocycles. The van der Waals surface area contributed by atoms with E-state index >= 15 is 0 Å². The number of rotatable bonds is 4. The predicted octanol–water partition coefficient (Wildman–Crippen LogP) is 3.55. The SMILES string of the molecule is CCCC1CC(=O)N(Cc2c(C(F)(F)F)nc3ncc(Cl)cn23)C1. The van der Waals surface area contributed by atoms with Crippen molar-refractivity contribution in [1.82, 2.24) is 19.3 Å². The number of aromatic nitrogens is 3. The minimum atomic E-state index is -4.62. The third-order valence-corrected chi connectivity index (χ3v) is 4.34. The van der Waals surface area contributed by atoms with Gasteiger partial charge in [-0.25, -0.2) is 9.97 Å². The molecule has 0 radical (unpaired) electrons. The topological polar surface area (TPSA) is 50.5 Å². The predicted molar refractivity (Wildman–Crippen MR) is 81.4 cm³/mol. The Kier molecular flexibility index (Phi) is 4.42. The van der Waals surface area contributed by atoms with Crippen LogP contribution in [0.4, 0.5) is 13.2 Å². The molecule has 9 heteroatoms. The summed E-state index contributed by atoms with van der Waals surface area (Å²) in [6, 6.07) is 0. The van der Waals surface area contributed by atoms with Crippen molar-refractivity contribution in [3.05, 3.63) is 28.8 Å². The molecule has 0 bridgehead atoms. The van der Waals surface area contributed by atoms with Gasteiger partial charge in [-0.15, -0.1) is 0 Å². The maximum absolute atomic E-state index is 13.3. The van der Waals surface area contributed by atoms with Gasteiger partial charge in [0.2, 0.25) is 11.7 Å². The van der Waals surface area contributed by atoms with Crippen molar-refractivity contribution in [3.8, 4) is 0 Å². The van der Waals surface area contributed by atoms with Gasteiger partial charge >= 0.3 is 6.18 Å². The van der Waals surface area contributed by atoms with Crippen molar-refractivity contribution in [2.24, 2.45) is 5.92 Å². The average Bonchev–Trinajstić information content (AvgIpc) is 3.01. The molecule has 0 N–H and O–H groups in total. The standard InChI is InChI=1S/C15H16ClF3N4O/c1-2-3-9-4-12(24)22(6-9)8-11-13(15(17,18)19)21-14-20-5-10(16)7-23(11)14/h5,7,9H,2-4,6,8H2,1H3. The number of fused-ring (bicyclic) bond motifs is 1. The van der Waals surface area contributed by atoms with Crippen LogP contribution in [0.1, 0.15) is 37.6 Å². The fourth-order valence-corrected chi connectivity index (χ4v) is 3.27. The number of likely N-dealkylation sites (tertiary alicyclic amines) is 1. The van der Waals surface area contributed by atoms with Crippen LogP contribution in [0.2, 0.25) is 5.02 Å². The summed E-state index contributed by atoms with van der Waals surface area (Å²) in [5.74, 6) is -0.0253. The van der Waals surface area contributed by atoms with Gasteiger partial charge in [-0.1, -0.05) is 24.9 Å². The molecular formula is C15H16ClF3N4O. The van der Waals surface area contributed by atoms with E-state index in [0.29, 0.717) is 13.0 Å². The summed E-state index contributed by atoms with van der Waals surface area (Å²) < 4.78 is 41.2. The highest BCUT2D eigenvalue weighted by Gasteiger charge is 2.40. The Morgan fingerprint density at radius 1 is 1.42 bits per heavy atom. The summed E-state index contributed by atoms with van der Waals surface area (Å²) in [6.45, 7) is 2.33. The van der Waals surface area contributed by atoms with Crippen LogP contribution >= 0.6 is 11.6 Å². The van der Waals surface area contributed by atoms with Gasteiger partial charge in [0.25, 0.3) is 0 Å². The highest BCUT2D eigenvalue weighted by atomic mass is 35.5. The number of alkyl halides is 3. The summed E-state index contributed by atoms with van der Waals surface area (Å²) in [6.07, 6.45) is 0.160. The number of amides is 1. The molecule has 3 heterocycles. The normalized spacial score (nSPS) is 18.8. The van der Waals surface area contributed by atoms with Crippen molar-refractivity contribution in [2.45, 2.75) is 38.9 Å². The van der Waals surface area contributed by atoms with E-state index in [1.807, 2.05) is 6.92 Å². The Morgan fingerprint density at radius 2 is 2.17 bits per heavy atom. The maximum Gasteiger partial charge on any atom is 0.435 e. The van der Waals surface area contributed by atoms with Crippen molar-refractivity contribution >= 4 is 23.3 Å². The molecular weight excluding hydrogens is 345 g/mol. The van der Waals surface area contributed by atoms with Crippen LogP contribution < -0.4 is 0 Å². The molecule has 1 fully saturated rings. The molecule has 130 valence electrons. The van der Waals surface area contributed by atoms with E-state index in [2.05, 4.69) is 9.97 Å². The van der Waals surface area contributed by atoms with E-state index in [1.165, 1.54) is 21.7 Å². The third-order valence-electron chi connectivity index (χ3n) is 4.15. The summed E-state index contributed by atoms with van der Waals surface area (Å²) in [5, 5.41) is 0.200. The Hall–Kier alpha value is -1.83.